The fourth-order valence-electron chi connectivity index (χ4n) is 5.05. The van der Waals surface area contributed by atoms with E-state index >= 15 is 4.39 Å². The minimum Gasteiger partial charge on any atom is -0.378 e. The second kappa shape index (κ2) is 12.2. The number of nitrogens with one attached hydrogen (secondary N) is 1. The van der Waals surface area contributed by atoms with Crippen molar-refractivity contribution >= 4 is 33.7 Å². The summed E-state index contributed by atoms with van der Waals surface area (Å²) in [6.07, 6.45) is 7.58. The number of hydrogen-bond donors (Lipinski definition) is 1. The van der Waals surface area contributed by atoms with Crippen molar-refractivity contribution in [1.29, 1.82) is 0 Å². The molecule has 1 aromatic carbocycles. The normalized spacial score (nSPS) is 13.8. The number of aryl methyl sites for hydroxylation is 1. The molecule has 3 aromatic heterocycles. The Kier molecular flexibility index (Phi) is 8.45. The second-order valence-electron chi connectivity index (χ2n) is 10.9. The molecule has 0 spiro atoms. The first-order valence-corrected chi connectivity index (χ1v) is 14.0. The maximum atomic E-state index is 15.6. The molecule has 0 amide bonds. The molecule has 1 saturated heterocycles. The number of pyridine rings is 3. The summed E-state index contributed by atoms with van der Waals surface area (Å²) in [5.41, 5.74) is 7.94. The molecule has 0 atom stereocenters. The molecule has 42 heavy (non-hydrogen) atoms. The van der Waals surface area contributed by atoms with Gasteiger partial charge in [0.25, 0.3) is 0 Å². The SMILES string of the molecule is C=C(C)/C(=C\C=C(C)C)c1cnc(N2CCOCC2)cc1Nc1c(C)c(-c2cc(C)ccn2)nc2cc(F)cc(F)c12. The molecule has 0 radical (unpaired) electrons. The highest BCUT2D eigenvalue weighted by atomic mass is 19.1. The van der Waals surface area contributed by atoms with Crippen LogP contribution in [0.15, 0.2) is 72.6 Å². The maximum absolute atomic E-state index is 15.6. The summed E-state index contributed by atoms with van der Waals surface area (Å²) in [7, 11) is 0. The van der Waals surface area contributed by atoms with Crippen LogP contribution in [0.4, 0.5) is 26.0 Å². The Morgan fingerprint density at radius 3 is 2.48 bits per heavy atom. The van der Waals surface area contributed by atoms with Crippen LogP contribution in [0.5, 0.6) is 0 Å². The summed E-state index contributed by atoms with van der Waals surface area (Å²) in [5, 5.41) is 3.74. The highest BCUT2D eigenvalue weighted by molar-refractivity contribution is 5.99. The molecule has 6 nitrogen and oxygen atoms in total. The van der Waals surface area contributed by atoms with Crippen molar-refractivity contribution in [3.8, 4) is 11.4 Å². The number of nitrogens with zero attached hydrogens (tertiary/aromatic N) is 4. The Balaban J connectivity index is 1.77. The van der Waals surface area contributed by atoms with E-state index in [0.717, 1.165) is 39.7 Å². The Hall–Kier alpha value is -4.43. The van der Waals surface area contributed by atoms with Gasteiger partial charge in [-0.05, 0) is 57.9 Å². The number of halogens is 2. The van der Waals surface area contributed by atoms with Gasteiger partial charge in [0.05, 0.1) is 46.9 Å². The number of ether oxygens (including phenoxy) is 1. The number of anilines is 3. The van der Waals surface area contributed by atoms with Crippen LogP contribution in [0.1, 0.15) is 37.5 Å². The number of allylic oxidation sites excluding steroid dienone is 5. The van der Waals surface area contributed by atoms with E-state index in [2.05, 4.69) is 26.8 Å². The Morgan fingerprint density at radius 2 is 1.79 bits per heavy atom. The molecule has 1 aliphatic rings. The molecule has 0 saturated carbocycles. The van der Waals surface area contributed by atoms with Gasteiger partial charge in [-0.2, -0.15) is 0 Å². The largest absolute Gasteiger partial charge is 0.378 e. The lowest BCUT2D eigenvalue weighted by Crippen LogP contribution is -2.36. The number of morpholine rings is 1. The highest BCUT2D eigenvalue weighted by Crippen LogP contribution is 2.39. The van der Waals surface area contributed by atoms with Gasteiger partial charge in [-0.1, -0.05) is 29.9 Å². The van der Waals surface area contributed by atoms with E-state index < -0.39 is 11.6 Å². The number of fused-ring (bicyclic) bond motifs is 1. The third-order valence-corrected chi connectivity index (χ3v) is 7.22. The fraction of sp³-hybridized carbons (Fsp3) is 0.265. The van der Waals surface area contributed by atoms with Crippen molar-refractivity contribution in [2.45, 2.75) is 34.6 Å². The van der Waals surface area contributed by atoms with E-state index in [4.69, 9.17) is 9.72 Å². The Bertz CT molecular complexity index is 1730. The number of aromatic nitrogens is 3. The van der Waals surface area contributed by atoms with Crippen LogP contribution >= 0.6 is 0 Å². The first-order valence-electron chi connectivity index (χ1n) is 14.0. The average Bonchev–Trinajstić information content (AvgIpc) is 2.95. The summed E-state index contributed by atoms with van der Waals surface area (Å²) in [6.45, 7) is 16.7. The fourth-order valence-corrected chi connectivity index (χ4v) is 5.05. The van der Waals surface area contributed by atoms with Crippen LogP contribution in [0.3, 0.4) is 0 Å². The Morgan fingerprint density at radius 1 is 1.02 bits per heavy atom. The second-order valence-corrected chi connectivity index (χ2v) is 10.9. The van der Waals surface area contributed by atoms with Gasteiger partial charge in [-0.3, -0.25) is 4.98 Å². The third kappa shape index (κ3) is 6.09. The highest BCUT2D eigenvalue weighted by Gasteiger charge is 2.22. The van der Waals surface area contributed by atoms with Gasteiger partial charge in [0.15, 0.2) is 0 Å². The lowest BCUT2D eigenvalue weighted by molar-refractivity contribution is 0.122. The van der Waals surface area contributed by atoms with Crippen LogP contribution in [-0.4, -0.2) is 41.3 Å². The standard InChI is InChI=1S/C34H35F2N5O/c1-20(2)7-8-25(21(3)4)26-19-38-31(41-11-13-42-14-12-41)18-28(26)39-34-23(6)33(30-15-22(5)9-10-37-30)40-29-17-24(35)16-27(36)32(29)34/h7-10,15-19H,3,11-14H2,1-2,4-6H3,(H,38,39,40)/b25-8+. The average molecular weight is 568 g/mol. The van der Waals surface area contributed by atoms with Gasteiger partial charge in [-0.25, -0.2) is 18.7 Å². The van der Waals surface area contributed by atoms with Gasteiger partial charge in [0, 0.05) is 54.8 Å². The van der Waals surface area contributed by atoms with Crippen molar-refractivity contribution in [2.24, 2.45) is 0 Å². The molecule has 216 valence electrons. The zero-order valence-electron chi connectivity index (χ0n) is 24.7. The topological polar surface area (TPSA) is 63.2 Å². The van der Waals surface area contributed by atoms with E-state index in [1.807, 2.05) is 71.2 Å². The first-order chi connectivity index (χ1) is 20.1. The van der Waals surface area contributed by atoms with Gasteiger partial charge in [0.1, 0.15) is 17.5 Å². The number of rotatable bonds is 7. The molecule has 0 unspecified atom stereocenters. The van der Waals surface area contributed by atoms with Crippen LogP contribution in [0.2, 0.25) is 0 Å². The van der Waals surface area contributed by atoms with Gasteiger partial charge < -0.3 is 15.0 Å². The lowest BCUT2D eigenvalue weighted by atomic mass is 9.97. The van der Waals surface area contributed by atoms with E-state index in [1.54, 1.807) is 6.20 Å². The summed E-state index contributed by atoms with van der Waals surface area (Å²) < 4.78 is 35.6. The van der Waals surface area contributed by atoms with E-state index in [9.17, 15) is 4.39 Å². The van der Waals surface area contributed by atoms with Crippen molar-refractivity contribution < 1.29 is 13.5 Å². The quantitative estimate of drug-likeness (QED) is 0.228. The van der Waals surface area contributed by atoms with Crippen LogP contribution in [-0.2, 0) is 4.74 Å². The lowest BCUT2D eigenvalue weighted by Gasteiger charge is -2.29. The molecular formula is C34H35F2N5O. The smallest absolute Gasteiger partial charge is 0.137 e. The summed E-state index contributed by atoms with van der Waals surface area (Å²) in [6, 6.07) is 7.92. The van der Waals surface area contributed by atoms with E-state index in [-0.39, 0.29) is 10.9 Å². The first kappa shape index (κ1) is 29.1. The minimum absolute atomic E-state index is 0.197. The van der Waals surface area contributed by atoms with Gasteiger partial charge in [0.2, 0.25) is 0 Å². The third-order valence-electron chi connectivity index (χ3n) is 7.22. The monoisotopic (exact) mass is 567 g/mol. The van der Waals surface area contributed by atoms with Crippen LogP contribution in [0.25, 0.3) is 27.9 Å². The number of benzene rings is 1. The van der Waals surface area contributed by atoms with Gasteiger partial charge >= 0.3 is 0 Å². The zero-order chi connectivity index (χ0) is 30.0. The molecular weight excluding hydrogens is 532 g/mol. The zero-order valence-corrected chi connectivity index (χ0v) is 24.7. The predicted octanol–water partition coefficient (Wildman–Crippen LogP) is 8.09. The predicted molar refractivity (Wildman–Crippen MR) is 167 cm³/mol. The molecule has 1 fully saturated rings. The minimum atomic E-state index is -0.698. The molecule has 4 heterocycles. The molecule has 4 aromatic rings. The molecule has 1 aliphatic heterocycles. The van der Waals surface area contributed by atoms with Crippen molar-refractivity contribution in [3.63, 3.8) is 0 Å². The summed E-state index contributed by atoms with van der Waals surface area (Å²) in [4.78, 5) is 16.2. The van der Waals surface area contributed by atoms with Crippen molar-refractivity contribution in [3.05, 3.63) is 101 Å². The molecule has 1 N–H and O–H groups in total. The summed E-state index contributed by atoms with van der Waals surface area (Å²) in [5.74, 6) is -0.620. The maximum Gasteiger partial charge on any atom is 0.137 e. The van der Waals surface area contributed by atoms with Crippen LogP contribution < -0.4 is 10.2 Å². The van der Waals surface area contributed by atoms with Gasteiger partial charge in [-0.15, -0.1) is 0 Å². The van der Waals surface area contributed by atoms with E-state index in [0.29, 0.717) is 54.6 Å². The Labute approximate surface area is 245 Å². The summed E-state index contributed by atoms with van der Waals surface area (Å²) >= 11 is 0. The van der Waals surface area contributed by atoms with Crippen molar-refractivity contribution in [2.75, 3.05) is 36.5 Å². The van der Waals surface area contributed by atoms with Crippen molar-refractivity contribution in [1.82, 2.24) is 15.0 Å². The molecule has 5 rings (SSSR count). The van der Waals surface area contributed by atoms with E-state index in [1.165, 1.54) is 6.07 Å². The molecule has 0 aliphatic carbocycles. The molecule has 8 heteroatoms. The number of hydrogen-bond acceptors (Lipinski definition) is 6. The van der Waals surface area contributed by atoms with Crippen LogP contribution in [0, 0.1) is 25.5 Å². The molecule has 0 bridgehead atoms.